The number of methoxy groups -OCH3 is 1. The maximum atomic E-state index is 5.45. The Labute approximate surface area is 101 Å². The Hall–Kier alpha value is -0.0800. The van der Waals surface area contributed by atoms with Crippen molar-refractivity contribution >= 4 is 0 Å². The van der Waals surface area contributed by atoms with Crippen LogP contribution >= 0.6 is 0 Å². The number of rotatable bonds is 8. The SMILES string of the molecule is CCC[C@H](CCCNC1CCCCC1)OC. The topological polar surface area (TPSA) is 21.3 Å². The number of hydrogen-bond acceptors (Lipinski definition) is 2. The standard InChI is InChI=1S/C14H29NO/c1-3-8-14(16-2)11-7-12-15-13-9-5-4-6-10-13/h13-15H,3-12H2,1-2H3/t14-/m1/s1. The van der Waals surface area contributed by atoms with Crippen LogP contribution in [0.4, 0.5) is 0 Å². The van der Waals surface area contributed by atoms with Crippen molar-refractivity contribution in [1.29, 1.82) is 0 Å². The Morgan fingerprint density at radius 1 is 1.19 bits per heavy atom. The van der Waals surface area contributed by atoms with Gasteiger partial charge in [-0.25, -0.2) is 0 Å². The summed E-state index contributed by atoms with van der Waals surface area (Å²) in [5.41, 5.74) is 0. The molecule has 1 fully saturated rings. The van der Waals surface area contributed by atoms with E-state index in [0.717, 1.165) is 6.04 Å². The van der Waals surface area contributed by atoms with Crippen LogP contribution in [-0.4, -0.2) is 25.8 Å². The van der Waals surface area contributed by atoms with Crippen molar-refractivity contribution in [1.82, 2.24) is 5.32 Å². The van der Waals surface area contributed by atoms with E-state index in [1.165, 1.54) is 64.3 Å². The Kier molecular flexibility index (Phi) is 7.87. The molecule has 0 aliphatic heterocycles. The average Bonchev–Trinajstić information content (AvgIpc) is 2.34. The lowest BCUT2D eigenvalue weighted by molar-refractivity contribution is 0.0853. The van der Waals surface area contributed by atoms with E-state index in [-0.39, 0.29) is 0 Å². The molecule has 0 heterocycles. The van der Waals surface area contributed by atoms with E-state index in [9.17, 15) is 0 Å². The highest BCUT2D eigenvalue weighted by atomic mass is 16.5. The van der Waals surface area contributed by atoms with Crippen LogP contribution in [0.25, 0.3) is 0 Å². The summed E-state index contributed by atoms with van der Waals surface area (Å²) in [6.45, 7) is 3.40. The van der Waals surface area contributed by atoms with Gasteiger partial charge in [0.25, 0.3) is 0 Å². The fourth-order valence-electron chi connectivity index (χ4n) is 2.64. The Morgan fingerprint density at radius 3 is 2.56 bits per heavy atom. The minimum Gasteiger partial charge on any atom is -0.381 e. The summed E-state index contributed by atoms with van der Waals surface area (Å²) >= 11 is 0. The minimum absolute atomic E-state index is 0.484. The molecule has 16 heavy (non-hydrogen) atoms. The second-order valence-electron chi connectivity index (χ2n) is 5.08. The first kappa shape index (κ1) is 14.0. The molecule has 0 saturated heterocycles. The molecule has 0 unspecified atom stereocenters. The van der Waals surface area contributed by atoms with Crippen molar-refractivity contribution in [2.75, 3.05) is 13.7 Å². The van der Waals surface area contributed by atoms with Crippen molar-refractivity contribution in [2.24, 2.45) is 0 Å². The van der Waals surface area contributed by atoms with Crippen LogP contribution < -0.4 is 5.32 Å². The van der Waals surface area contributed by atoms with Crippen LogP contribution in [0.2, 0.25) is 0 Å². The molecule has 0 bridgehead atoms. The molecule has 0 spiro atoms. The molecule has 1 saturated carbocycles. The lowest BCUT2D eigenvalue weighted by Crippen LogP contribution is -2.32. The van der Waals surface area contributed by atoms with Crippen LogP contribution in [0.5, 0.6) is 0 Å². The van der Waals surface area contributed by atoms with Crippen molar-refractivity contribution in [3.63, 3.8) is 0 Å². The molecule has 0 aromatic carbocycles. The van der Waals surface area contributed by atoms with Gasteiger partial charge in [0.15, 0.2) is 0 Å². The molecule has 0 aromatic rings. The number of nitrogens with one attached hydrogen (secondary N) is 1. The van der Waals surface area contributed by atoms with E-state index in [4.69, 9.17) is 4.74 Å². The zero-order chi connectivity index (χ0) is 11.6. The smallest absolute Gasteiger partial charge is 0.0571 e. The molecular formula is C14H29NO. The van der Waals surface area contributed by atoms with Gasteiger partial charge in [-0.05, 0) is 38.6 Å². The second-order valence-corrected chi connectivity index (χ2v) is 5.08. The van der Waals surface area contributed by atoms with Crippen molar-refractivity contribution < 1.29 is 4.74 Å². The van der Waals surface area contributed by atoms with Crippen LogP contribution in [-0.2, 0) is 4.74 Å². The van der Waals surface area contributed by atoms with Gasteiger partial charge in [-0.15, -0.1) is 0 Å². The van der Waals surface area contributed by atoms with Crippen LogP contribution in [0, 0.1) is 0 Å². The van der Waals surface area contributed by atoms with E-state index in [1.54, 1.807) is 0 Å². The van der Waals surface area contributed by atoms with Gasteiger partial charge in [0, 0.05) is 13.2 Å². The summed E-state index contributed by atoms with van der Waals surface area (Å²) in [6.07, 6.45) is 12.5. The summed E-state index contributed by atoms with van der Waals surface area (Å²) in [5.74, 6) is 0. The van der Waals surface area contributed by atoms with Crippen LogP contribution in [0.3, 0.4) is 0 Å². The molecule has 2 heteroatoms. The molecule has 1 atom stereocenters. The lowest BCUT2D eigenvalue weighted by Gasteiger charge is -2.23. The highest BCUT2D eigenvalue weighted by molar-refractivity contribution is 4.71. The van der Waals surface area contributed by atoms with Gasteiger partial charge in [-0.1, -0.05) is 32.6 Å². The summed E-state index contributed by atoms with van der Waals surface area (Å²) in [5, 5.41) is 3.69. The van der Waals surface area contributed by atoms with Crippen molar-refractivity contribution in [2.45, 2.75) is 76.9 Å². The third-order valence-corrected chi connectivity index (χ3v) is 3.69. The van der Waals surface area contributed by atoms with Crippen molar-refractivity contribution in [3.8, 4) is 0 Å². The van der Waals surface area contributed by atoms with Gasteiger partial charge in [-0.2, -0.15) is 0 Å². The first-order valence-corrected chi connectivity index (χ1v) is 7.13. The molecule has 96 valence electrons. The lowest BCUT2D eigenvalue weighted by atomic mass is 9.95. The highest BCUT2D eigenvalue weighted by Crippen LogP contribution is 2.17. The minimum atomic E-state index is 0.484. The quantitative estimate of drug-likeness (QED) is 0.641. The van der Waals surface area contributed by atoms with Crippen LogP contribution in [0.15, 0.2) is 0 Å². The molecule has 1 aliphatic carbocycles. The van der Waals surface area contributed by atoms with Gasteiger partial charge in [-0.3, -0.25) is 0 Å². The highest BCUT2D eigenvalue weighted by Gasteiger charge is 2.12. The largest absolute Gasteiger partial charge is 0.381 e. The zero-order valence-corrected chi connectivity index (χ0v) is 11.1. The maximum Gasteiger partial charge on any atom is 0.0571 e. The van der Waals surface area contributed by atoms with E-state index in [1.807, 2.05) is 7.11 Å². The molecule has 0 radical (unpaired) electrons. The molecule has 0 amide bonds. The molecule has 1 aliphatic rings. The third-order valence-electron chi connectivity index (χ3n) is 3.69. The van der Waals surface area contributed by atoms with Crippen molar-refractivity contribution in [3.05, 3.63) is 0 Å². The van der Waals surface area contributed by atoms with E-state index in [2.05, 4.69) is 12.2 Å². The van der Waals surface area contributed by atoms with Gasteiger partial charge in [0.05, 0.1) is 6.10 Å². The molecular weight excluding hydrogens is 198 g/mol. The van der Waals surface area contributed by atoms with Crippen LogP contribution in [0.1, 0.15) is 64.7 Å². The van der Waals surface area contributed by atoms with Gasteiger partial charge in [0.2, 0.25) is 0 Å². The Morgan fingerprint density at radius 2 is 1.94 bits per heavy atom. The maximum absolute atomic E-state index is 5.45. The predicted molar refractivity (Wildman–Crippen MR) is 69.8 cm³/mol. The Bertz CT molecular complexity index is 148. The Balaban J connectivity index is 1.97. The average molecular weight is 227 g/mol. The molecule has 0 aromatic heterocycles. The van der Waals surface area contributed by atoms with Gasteiger partial charge >= 0.3 is 0 Å². The zero-order valence-electron chi connectivity index (χ0n) is 11.1. The number of hydrogen-bond donors (Lipinski definition) is 1. The van der Waals surface area contributed by atoms with E-state index < -0.39 is 0 Å². The van der Waals surface area contributed by atoms with E-state index >= 15 is 0 Å². The molecule has 1 rings (SSSR count). The van der Waals surface area contributed by atoms with E-state index in [0.29, 0.717) is 6.10 Å². The summed E-state index contributed by atoms with van der Waals surface area (Å²) in [4.78, 5) is 0. The molecule has 1 N–H and O–H groups in total. The fourth-order valence-corrected chi connectivity index (χ4v) is 2.64. The first-order chi connectivity index (χ1) is 7.86. The number of ether oxygens (including phenoxy) is 1. The summed E-state index contributed by atoms with van der Waals surface area (Å²) < 4.78 is 5.45. The van der Waals surface area contributed by atoms with Gasteiger partial charge in [0.1, 0.15) is 0 Å². The summed E-state index contributed by atoms with van der Waals surface area (Å²) in [7, 11) is 1.84. The summed E-state index contributed by atoms with van der Waals surface area (Å²) in [6, 6.07) is 0.806. The van der Waals surface area contributed by atoms with Gasteiger partial charge < -0.3 is 10.1 Å². The monoisotopic (exact) mass is 227 g/mol. The molecule has 2 nitrogen and oxygen atoms in total. The second kappa shape index (κ2) is 9.00. The first-order valence-electron chi connectivity index (χ1n) is 7.13. The normalized spacial score (nSPS) is 19.9. The fraction of sp³-hybridized carbons (Fsp3) is 1.00. The predicted octanol–water partition coefficient (Wildman–Crippen LogP) is 3.50. The third kappa shape index (κ3) is 5.86.